The van der Waals surface area contributed by atoms with E-state index in [0.29, 0.717) is 0 Å². The lowest BCUT2D eigenvalue weighted by atomic mass is 9.94. The molecule has 0 bridgehead atoms. The van der Waals surface area contributed by atoms with E-state index < -0.39 is 11.4 Å². The standard InChI is InChI=1S/C14H18BrNO3/c1-9-6-11(15)5-4-10(9)7-12(17)16-8-14(2,3)13(18)19/h4-6H,7-8H2,1-3H3,(H,16,17)(H,18,19). The van der Waals surface area contributed by atoms with E-state index in [4.69, 9.17) is 5.11 Å². The van der Waals surface area contributed by atoms with E-state index in [-0.39, 0.29) is 18.9 Å². The quantitative estimate of drug-likeness (QED) is 0.873. The minimum Gasteiger partial charge on any atom is -0.481 e. The normalized spacial score (nSPS) is 11.2. The van der Waals surface area contributed by atoms with E-state index in [0.717, 1.165) is 15.6 Å². The summed E-state index contributed by atoms with van der Waals surface area (Å²) in [5, 5.41) is 11.6. The highest BCUT2D eigenvalue weighted by molar-refractivity contribution is 9.10. The van der Waals surface area contributed by atoms with E-state index >= 15 is 0 Å². The van der Waals surface area contributed by atoms with Crippen LogP contribution in [-0.4, -0.2) is 23.5 Å². The van der Waals surface area contributed by atoms with Gasteiger partial charge in [0.25, 0.3) is 0 Å². The largest absolute Gasteiger partial charge is 0.481 e. The number of aryl methyl sites for hydroxylation is 1. The number of carbonyl (C=O) groups excluding carboxylic acids is 1. The number of rotatable bonds is 5. The van der Waals surface area contributed by atoms with Crippen molar-refractivity contribution in [1.29, 1.82) is 0 Å². The molecule has 104 valence electrons. The Kier molecular flexibility index (Phi) is 5.11. The zero-order valence-corrected chi connectivity index (χ0v) is 12.9. The molecule has 4 nitrogen and oxygen atoms in total. The number of aliphatic carboxylic acids is 1. The first kappa shape index (κ1) is 15.7. The van der Waals surface area contributed by atoms with Crippen molar-refractivity contribution in [2.45, 2.75) is 27.2 Å². The maximum absolute atomic E-state index is 11.8. The fraction of sp³-hybridized carbons (Fsp3) is 0.429. The van der Waals surface area contributed by atoms with Crippen LogP contribution in [0.1, 0.15) is 25.0 Å². The summed E-state index contributed by atoms with van der Waals surface area (Å²) in [5.41, 5.74) is 1.01. The molecule has 0 aliphatic rings. The number of halogens is 1. The van der Waals surface area contributed by atoms with Crippen molar-refractivity contribution < 1.29 is 14.7 Å². The fourth-order valence-electron chi connectivity index (χ4n) is 1.49. The summed E-state index contributed by atoms with van der Waals surface area (Å²) in [6.07, 6.45) is 0.259. The average Bonchev–Trinajstić information content (AvgIpc) is 2.30. The van der Waals surface area contributed by atoms with Crippen molar-refractivity contribution in [2.24, 2.45) is 5.41 Å². The Labute approximate surface area is 121 Å². The van der Waals surface area contributed by atoms with Gasteiger partial charge in [-0.1, -0.05) is 22.0 Å². The van der Waals surface area contributed by atoms with Gasteiger partial charge < -0.3 is 10.4 Å². The smallest absolute Gasteiger partial charge is 0.310 e. The highest BCUT2D eigenvalue weighted by Crippen LogP contribution is 2.17. The van der Waals surface area contributed by atoms with Gasteiger partial charge in [-0.15, -0.1) is 0 Å². The first-order valence-electron chi connectivity index (χ1n) is 5.97. The Morgan fingerprint density at radius 1 is 1.37 bits per heavy atom. The van der Waals surface area contributed by atoms with Gasteiger partial charge in [0, 0.05) is 11.0 Å². The van der Waals surface area contributed by atoms with Crippen LogP contribution in [0.3, 0.4) is 0 Å². The lowest BCUT2D eigenvalue weighted by Gasteiger charge is -2.19. The van der Waals surface area contributed by atoms with E-state index in [9.17, 15) is 9.59 Å². The lowest BCUT2D eigenvalue weighted by Crippen LogP contribution is -2.39. The van der Waals surface area contributed by atoms with E-state index in [1.54, 1.807) is 13.8 Å². The molecule has 5 heteroatoms. The summed E-state index contributed by atoms with van der Waals surface area (Å²) >= 11 is 3.37. The summed E-state index contributed by atoms with van der Waals surface area (Å²) in [5.74, 6) is -1.09. The molecule has 0 saturated heterocycles. The predicted octanol–water partition coefficient (Wildman–Crippen LogP) is 2.53. The minimum absolute atomic E-state index is 0.122. The maximum atomic E-state index is 11.8. The molecule has 0 unspecified atom stereocenters. The Hall–Kier alpha value is -1.36. The molecule has 1 amide bonds. The van der Waals surface area contributed by atoms with Gasteiger partial charge in [-0.3, -0.25) is 9.59 Å². The highest BCUT2D eigenvalue weighted by atomic mass is 79.9. The molecule has 2 N–H and O–H groups in total. The summed E-state index contributed by atoms with van der Waals surface area (Å²) in [7, 11) is 0. The molecule has 0 fully saturated rings. The van der Waals surface area contributed by atoms with Crippen LogP contribution >= 0.6 is 15.9 Å². The molecule has 1 aromatic rings. The van der Waals surface area contributed by atoms with Gasteiger partial charge in [-0.2, -0.15) is 0 Å². The summed E-state index contributed by atoms with van der Waals surface area (Å²) in [6, 6.07) is 5.72. The van der Waals surface area contributed by atoms with Gasteiger partial charge in [0.2, 0.25) is 5.91 Å². The van der Waals surface area contributed by atoms with Gasteiger partial charge in [0.05, 0.1) is 11.8 Å². The van der Waals surface area contributed by atoms with Gasteiger partial charge in [-0.05, 0) is 44.0 Å². The Morgan fingerprint density at radius 3 is 2.53 bits per heavy atom. The van der Waals surface area contributed by atoms with Crippen LogP contribution in [0, 0.1) is 12.3 Å². The Bertz CT molecular complexity index is 497. The second-order valence-electron chi connectivity index (χ2n) is 5.21. The van der Waals surface area contributed by atoms with Crippen LogP contribution in [0.25, 0.3) is 0 Å². The van der Waals surface area contributed by atoms with E-state index in [1.165, 1.54) is 0 Å². The van der Waals surface area contributed by atoms with Crippen molar-refractivity contribution in [3.63, 3.8) is 0 Å². The van der Waals surface area contributed by atoms with Crippen LogP contribution in [0.5, 0.6) is 0 Å². The van der Waals surface area contributed by atoms with Crippen LogP contribution < -0.4 is 5.32 Å². The monoisotopic (exact) mass is 327 g/mol. The number of hydrogen-bond donors (Lipinski definition) is 2. The van der Waals surface area contributed by atoms with Gasteiger partial charge in [0.15, 0.2) is 0 Å². The fourth-order valence-corrected chi connectivity index (χ4v) is 1.96. The maximum Gasteiger partial charge on any atom is 0.310 e. The second-order valence-corrected chi connectivity index (χ2v) is 6.13. The molecule has 0 heterocycles. The Morgan fingerprint density at radius 2 is 2.00 bits per heavy atom. The van der Waals surface area contributed by atoms with Crippen LogP contribution in [0.4, 0.5) is 0 Å². The number of amides is 1. The lowest BCUT2D eigenvalue weighted by molar-refractivity contribution is -0.146. The van der Waals surface area contributed by atoms with Gasteiger partial charge in [-0.25, -0.2) is 0 Å². The molecule has 1 rings (SSSR count). The van der Waals surface area contributed by atoms with Crippen molar-refractivity contribution in [3.05, 3.63) is 33.8 Å². The van der Waals surface area contributed by atoms with Crippen molar-refractivity contribution in [2.75, 3.05) is 6.54 Å². The molecule has 1 aromatic carbocycles. The first-order valence-corrected chi connectivity index (χ1v) is 6.77. The number of carboxylic acids is 1. The zero-order valence-electron chi connectivity index (χ0n) is 11.3. The number of hydrogen-bond acceptors (Lipinski definition) is 2. The third-order valence-corrected chi connectivity index (χ3v) is 3.46. The van der Waals surface area contributed by atoms with Gasteiger partial charge >= 0.3 is 5.97 Å². The third kappa shape index (κ3) is 4.67. The highest BCUT2D eigenvalue weighted by Gasteiger charge is 2.27. The second kappa shape index (κ2) is 6.19. The van der Waals surface area contributed by atoms with Crippen molar-refractivity contribution >= 4 is 27.8 Å². The topological polar surface area (TPSA) is 66.4 Å². The third-order valence-electron chi connectivity index (χ3n) is 2.96. The molecular formula is C14H18BrNO3. The number of carbonyl (C=O) groups is 2. The van der Waals surface area contributed by atoms with Crippen molar-refractivity contribution in [3.8, 4) is 0 Å². The van der Waals surface area contributed by atoms with E-state index in [2.05, 4.69) is 21.2 Å². The number of carboxylic acid groups (broad SMARTS) is 1. The molecule has 0 saturated carbocycles. The summed E-state index contributed by atoms with van der Waals surface area (Å²) in [6.45, 7) is 5.23. The first-order chi connectivity index (χ1) is 8.72. The van der Waals surface area contributed by atoms with E-state index in [1.807, 2.05) is 25.1 Å². The number of benzene rings is 1. The van der Waals surface area contributed by atoms with Crippen LogP contribution in [-0.2, 0) is 16.0 Å². The molecular weight excluding hydrogens is 310 g/mol. The minimum atomic E-state index is -0.954. The number of nitrogens with one attached hydrogen (secondary N) is 1. The zero-order chi connectivity index (χ0) is 14.6. The van der Waals surface area contributed by atoms with Crippen LogP contribution in [0.2, 0.25) is 0 Å². The molecule has 19 heavy (non-hydrogen) atoms. The predicted molar refractivity (Wildman–Crippen MR) is 77.0 cm³/mol. The average molecular weight is 328 g/mol. The van der Waals surface area contributed by atoms with Gasteiger partial charge in [0.1, 0.15) is 0 Å². The molecule has 0 aromatic heterocycles. The van der Waals surface area contributed by atoms with Crippen LogP contribution in [0.15, 0.2) is 22.7 Å². The SMILES string of the molecule is Cc1cc(Br)ccc1CC(=O)NCC(C)(C)C(=O)O. The molecule has 0 spiro atoms. The Balaban J connectivity index is 2.59. The molecule has 0 radical (unpaired) electrons. The molecule has 0 aliphatic heterocycles. The van der Waals surface area contributed by atoms with Crippen molar-refractivity contribution in [1.82, 2.24) is 5.32 Å². The summed E-state index contributed by atoms with van der Waals surface area (Å²) < 4.78 is 0.973. The summed E-state index contributed by atoms with van der Waals surface area (Å²) in [4.78, 5) is 22.7. The molecule has 0 atom stereocenters. The molecule has 0 aliphatic carbocycles.